The largest absolute Gasteiger partial charge is 0.383 e. The van der Waals surface area contributed by atoms with Gasteiger partial charge in [-0.3, -0.25) is 9.78 Å². The maximum absolute atomic E-state index is 12.6. The second-order valence-electron chi connectivity index (χ2n) is 8.40. The van der Waals surface area contributed by atoms with Crippen molar-refractivity contribution in [2.75, 3.05) is 5.73 Å². The van der Waals surface area contributed by atoms with Crippen LogP contribution in [0.2, 0.25) is 5.02 Å². The van der Waals surface area contributed by atoms with Crippen LogP contribution < -0.4 is 5.73 Å². The summed E-state index contributed by atoms with van der Waals surface area (Å²) in [5, 5.41) is 2.41. The summed E-state index contributed by atoms with van der Waals surface area (Å²) in [7, 11) is 0. The Morgan fingerprint density at radius 1 is 0.914 bits per heavy atom. The van der Waals surface area contributed by atoms with Crippen molar-refractivity contribution in [2.45, 2.75) is 32.1 Å². The van der Waals surface area contributed by atoms with Crippen molar-refractivity contribution in [1.82, 2.24) is 9.97 Å². The lowest BCUT2D eigenvalue weighted by Crippen LogP contribution is -1.99. The van der Waals surface area contributed by atoms with E-state index in [0.29, 0.717) is 28.4 Å². The highest BCUT2D eigenvalue weighted by atomic mass is 35.5. The Morgan fingerprint density at radius 2 is 1.66 bits per heavy atom. The zero-order valence-electron chi connectivity index (χ0n) is 19.4. The molecule has 2 aromatic heterocycles. The van der Waals surface area contributed by atoms with Crippen LogP contribution in [0, 0.1) is 11.8 Å². The number of aromatic nitrogens is 2. The molecule has 4 rings (SSSR count). The number of rotatable bonds is 8. The predicted octanol–water partition coefficient (Wildman–Crippen LogP) is 7.11. The van der Waals surface area contributed by atoms with E-state index >= 15 is 0 Å². The number of Topliss-reactive ketones (excluding diaryl/α,β-unsaturated/α-hetero) is 1. The first-order valence-corrected chi connectivity index (χ1v) is 12.0. The maximum atomic E-state index is 12.6. The van der Waals surface area contributed by atoms with Crippen molar-refractivity contribution in [3.05, 3.63) is 107 Å². The Hall–Kier alpha value is -3.94. The molecule has 0 bridgehead atoms. The Balaban J connectivity index is 1.31. The van der Waals surface area contributed by atoms with Gasteiger partial charge in [0.2, 0.25) is 0 Å². The number of halogens is 1. The molecule has 2 N–H and O–H groups in total. The van der Waals surface area contributed by atoms with Crippen LogP contribution >= 0.6 is 11.6 Å². The molecule has 4 aromatic rings. The van der Waals surface area contributed by atoms with Gasteiger partial charge in [0.05, 0.1) is 5.56 Å². The highest BCUT2D eigenvalue weighted by molar-refractivity contribution is 6.31. The molecule has 0 atom stereocenters. The summed E-state index contributed by atoms with van der Waals surface area (Å²) in [4.78, 5) is 20.8. The van der Waals surface area contributed by atoms with Gasteiger partial charge >= 0.3 is 0 Å². The highest BCUT2D eigenvalue weighted by Crippen LogP contribution is 2.25. The number of hydrogen-bond acceptors (Lipinski definition) is 4. The molecule has 0 unspecified atom stereocenters. The van der Waals surface area contributed by atoms with E-state index in [9.17, 15) is 4.79 Å². The Bertz CT molecular complexity index is 1410. The van der Waals surface area contributed by atoms with Gasteiger partial charge in [0.15, 0.2) is 5.78 Å². The average Bonchev–Trinajstić information content (AvgIpc) is 2.88. The Kier molecular flexibility index (Phi) is 7.92. The van der Waals surface area contributed by atoms with Crippen molar-refractivity contribution in [1.29, 1.82) is 0 Å². The van der Waals surface area contributed by atoms with Crippen molar-refractivity contribution < 1.29 is 4.79 Å². The molecule has 0 saturated heterocycles. The SMILES string of the molecule is C=C(CCCCCC(=O)c1ccc(C#Cc2c(N)ncc3ccc(Cl)cc23)cc1)c1ccncc1. The minimum Gasteiger partial charge on any atom is -0.383 e. The van der Waals surface area contributed by atoms with E-state index in [0.717, 1.165) is 53.2 Å². The molecule has 2 aromatic carbocycles. The van der Waals surface area contributed by atoms with Gasteiger partial charge in [-0.2, -0.15) is 0 Å². The summed E-state index contributed by atoms with van der Waals surface area (Å²) in [5.41, 5.74) is 10.5. The quantitative estimate of drug-likeness (QED) is 0.166. The molecule has 35 heavy (non-hydrogen) atoms. The lowest BCUT2D eigenvalue weighted by molar-refractivity contribution is 0.0979. The summed E-state index contributed by atoms with van der Waals surface area (Å²) in [6.07, 6.45) is 9.60. The molecule has 0 aliphatic rings. The predicted molar refractivity (Wildman–Crippen MR) is 144 cm³/mol. The van der Waals surface area contributed by atoms with E-state index in [2.05, 4.69) is 28.4 Å². The molecule has 0 fully saturated rings. The normalized spacial score (nSPS) is 10.5. The third-order valence-corrected chi connectivity index (χ3v) is 6.13. The second-order valence-corrected chi connectivity index (χ2v) is 8.84. The molecule has 0 spiro atoms. The first-order chi connectivity index (χ1) is 17.0. The van der Waals surface area contributed by atoms with Crippen molar-refractivity contribution in [3.63, 3.8) is 0 Å². The van der Waals surface area contributed by atoms with Crippen LogP contribution in [0.3, 0.4) is 0 Å². The van der Waals surface area contributed by atoms with E-state index in [4.69, 9.17) is 17.3 Å². The monoisotopic (exact) mass is 479 g/mol. The fourth-order valence-corrected chi connectivity index (χ4v) is 4.05. The van der Waals surface area contributed by atoms with E-state index in [-0.39, 0.29) is 5.78 Å². The molecule has 174 valence electrons. The number of carbonyl (C=O) groups excluding carboxylic acids is 1. The number of allylic oxidation sites excluding steroid dienone is 1. The lowest BCUT2D eigenvalue weighted by atomic mass is 9.99. The minimum absolute atomic E-state index is 0.148. The molecular formula is C30H26ClN3O. The number of nitrogens with zero attached hydrogens (tertiary/aromatic N) is 2. The number of ketones is 1. The van der Waals surface area contributed by atoms with Gasteiger partial charge in [-0.05, 0) is 66.8 Å². The van der Waals surface area contributed by atoms with Gasteiger partial charge in [0.1, 0.15) is 5.82 Å². The number of hydrogen-bond donors (Lipinski definition) is 1. The number of nitrogens with two attached hydrogens (primary N) is 1. The molecule has 0 aliphatic carbocycles. The Labute approximate surface area is 210 Å². The van der Waals surface area contributed by atoms with Crippen molar-refractivity contribution >= 4 is 39.5 Å². The van der Waals surface area contributed by atoms with Crippen LogP contribution in [0.1, 0.15) is 59.2 Å². The first kappa shape index (κ1) is 24.2. The summed E-state index contributed by atoms with van der Waals surface area (Å²) in [6, 6.07) is 16.9. The zero-order valence-corrected chi connectivity index (χ0v) is 20.2. The topological polar surface area (TPSA) is 68.9 Å². The molecule has 5 heteroatoms. The summed E-state index contributed by atoms with van der Waals surface area (Å²) in [6.45, 7) is 4.15. The number of fused-ring (bicyclic) bond motifs is 1. The van der Waals surface area contributed by atoms with E-state index < -0.39 is 0 Å². The van der Waals surface area contributed by atoms with Crippen LogP contribution in [0.4, 0.5) is 5.82 Å². The average molecular weight is 480 g/mol. The molecule has 0 radical (unpaired) electrons. The lowest BCUT2D eigenvalue weighted by Gasteiger charge is -2.06. The molecular weight excluding hydrogens is 454 g/mol. The third kappa shape index (κ3) is 6.35. The van der Waals surface area contributed by atoms with Gasteiger partial charge in [0, 0.05) is 51.9 Å². The zero-order chi connectivity index (χ0) is 24.6. The number of pyridine rings is 2. The number of benzene rings is 2. The van der Waals surface area contributed by atoms with Crippen LogP contribution in [0.25, 0.3) is 16.3 Å². The van der Waals surface area contributed by atoms with E-state index in [1.807, 2.05) is 54.6 Å². The van der Waals surface area contributed by atoms with Crippen LogP contribution in [0.5, 0.6) is 0 Å². The molecule has 4 nitrogen and oxygen atoms in total. The van der Waals surface area contributed by atoms with E-state index in [1.165, 1.54) is 0 Å². The third-order valence-electron chi connectivity index (χ3n) is 5.89. The van der Waals surface area contributed by atoms with Gasteiger partial charge in [-0.15, -0.1) is 0 Å². The fraction of sp³-hybridized carbons (Fsp3) is 0.167. The summed E-state index contributed by atoms with van der Waals surface area (Å²) >= 11 is 6.15. The summed E-state index contributed by atoms with van der Waals surface area (Å²) in [5.74, 6) is 6.76. The highest BCUT2D eigenvalue weighted by Gasteiger charge is 2.07. The summed E-state index contributed by atoms with van der Waals surface area (Å²) < 4.78 is 0. The number of nitrogen functional groups attached to an aromatic ring is 1. The maximum Gasteiger partial charge on any atom is 0.162 e. The minimum atomic E-state index is 0.148. The van der Waals surface area contributed by atoms with Gasteiger partial charge in [-0.25, -0.2) is 4.98 Å². The number of unbranched alkanes of at least 4 members (excludes halogenated alkanes) is 2. The second kappa shape index (κ2) is 11.5. The smallest absolute Gasteiger partial charge is 0.162 e. The fourth-order valence-electron chi connectivity index (χ4n) is 3.88. The van der Waals surface area contributed by atoms with Crippen molar-refractivity contribution in [2.24, 2.45) is 0 Å². The van der Waals surface area contributed by atoms with Gasteiger partial charge in [-0.1, -0.05) is 54.6 Å². The Morgan fingerprint density at radius 3 is 2.43 bits per heavy atom. The molecule has 0 aliphatic heterocycles. The van der Waals surface area contributed by atoms with Crippen LogP contribution in [-0.2, 0) is 0 Å². The van der Waals surface area contributed by atoms with E-state index in [1.54, 1.807) is 18.6 Å². The molecule has 0 amide bonds. The molecule has 2 heterocycles. The molecule has 0 saturated carbocycles. The van der Waals surface area contributed by atoms with Crippen LogP contribution in [0.15, 0.2) is 79.8 Å². The van der Waals surface area contributed by atoms with Crippen LogP contribution in [-0.4, -0.2) is 15.8 Å². The number of carbonyl (C=O) groups is 1. The van der Waals surface area contributed by atoms with Crippen molar-refractivity contribution in [3.8, 4) is 11.8 Å². The number of anilines is 1. The first-order valence-electron chi connectivity index (χ1n) is 11.6. The standard InChI is InChI=1S/C30H26ClN3O/c1-21(23-15-17-33-18-16-23)5-3-2-4-6-29(35)24-10-7-22(8-11-24)9-14-27-28-19-26(31)13-12-25(28)20-34-30(27)32/h7-8,10-13,15-20H,1-6H2,(H2,32,34). The van der Waals surface area contributed by atoms with Gasteiger partial charge < -0.3 is 5.73 Å². The van der Waals surface area contributed by atoms with Gasteiger partial charge in [0.25, 0.3) is 0 Å².